The maximum absolute atomic E-state index is 4.76. The summed E-state index contributed by atoms with van der Waals surface area (Å²) in [6.07, 6.45) is 7.13. The molecule has 2 aromatic heterocycles. The highest BCUT2D eigenvalue weighted by atomic mass is 15.3. The van der Waals surface area contributed by atoms with Crippen molar-refractivity contribution < 1.29 is 0 Å². The Bertz CT molecular complexity index is 726. The largest absolute Gasteiger partial charge is 0.357 e. The van der Waals surface area contributed by atoms with Gasteiger partial charge in [-0.25, -0.2) is 4.99 Å². The Morgan fingerprint density at radius 2 is 2.28 bits per heavy atom. The molecular weight excluding hydrogens is 314 g/mol. The van der Waals surface area contributed by atoms with E-state index in [2.05, 4.69) is 47.4 Å². The molecule has 2 heterocycles. The number of nitrogens with zero attached hydrogens (tertiary/aromatic N) is 5. The second-order valence-corrected chi connectivity index (χ2v) is 6.90. The minimum absolute atomic E-state index is 0.368. The van der Waals surface area contributed by atoms with Crippen LogP contribution in [-0.2, 0) is 26.4 Å². The Morgan fingerprint density at radius 1 is 1.44 bits per heavy atom. The lowest BCUT2D eigenvalue weighted by molar-refractivity contribution is 0.499. The molecule has 0 saturated carbocycles. The summed E-state index contributed by atoms with van der Waals surface area (Å²) < 4.78 is 3.94. The van der Waals surface area contributed by atoms with E-state index in [-0.39, 0.29) is 0 Å². The van der Waals surface area contributed by atoms with Gasteiger partial charge in [-0.3, -0.25) is 9.36 Å². The maximum Gasteiger partial charge on any atom is 0.191 e. The fourth-order valence-electron chi connectivity index (χ4n) is 3.13. The zero-order valence-electron chi connectivity index (χ0n) is 15.7. The number of rotatable bonds is 5. The van der Waals surface area contributed by atoms with Gasteiger partial charge >= 0.3 is 0 Å². The van der Waals surface area contributed by atoms with Gasteiger partial charge in [-0.2, -0.15) is 10.2 Å². The zero-order valence-corrected chi connectivity index (χ0v) is 15.7. The van der Waals surface area contributed by atoms with Crippen LogP contribution in [-0.4, -0.2) is 38.1 Å². The molecule has 1 aliphatic rings. The highest BCUT2D eigenvalue weighted by Crippen LogP contribution is 2.21. The van der Waals surface area contributed by atoms with E-state index in [9.17, 15) is 0 Å². The Morgan fingerprint density at radius 3 is 2.96 bits per heavy atom. The van der Waals surface area contributed by atoms with Gasteiger partial charge in [0.25, 0.3) is 0 Å². The highest BCUT2D eigenvalue weighted by molar-refractivity contribution is 5.80. The molecule has 7 heteroatoms. The van der Waals surface area contributed by atoms with Crippen LogP contribution in [0.1, 0.15) is 50.2 Å². The summed E-state index contributed by atoms with van der Waals surface area (Å²) in [5, 5.41) is 15.9. The first-order valence-corrected chi connectivity index (χ1v) is 9.15. The first-order valence-electron chi connectivity index (χ1n) is 9.15. The molecule has 2 aromatic rings. The van der Waals surface area contributed by atoms with Crippen LogP contribution in [0, 0.1) is 0 Å². The van der Waals surface area contributed by atoms with Crippen molar-refractivity contribution in [2.24, 2.45) is 12.0 Å². The maximum atomic E-state index is 4.76. The Labute approximate surface area is 149 Å². The minimum Gasteiger partial charge on any atom is -0.357 e. The SMILES string of the molecule is CCNC(=NCc1ccnn1C)NC1CCc2cn(C(C)C)nc2C1. The average molecular weight is 343 g/mol. The summed E-state index contributed by atoms with van der Waals surface area (Å²) in [4.78, 5) is 4.71. The third kappa shape index (κ3) is 4.21. The molecule has 7 nitrogen and oxygen atoms in total. The fraction of sp³-hybridized carbons (Fsp3) is 0.611. The molecule has 2 N–H and O–H groups in total. The number of nitrogens with one attached hydrogen (secondary N) is 2. The third-order valence-corrected chi connectivity index (χ3v) is 4.63. The standard InChI is InChI=1S/C18H29N7/c1-5-19-18(20-11-16-8-9-21-24(16)4)22-15-7-6-14-12-25(13(2)3)23-17(14)10-15/h8-9,12-13,15H,5-7,10-11H2,1-4H3,(H2,19,20,22). The lowest BCUT2D eigenvalue weighted by Gasteiger charge is -2.24. The molecule has 136 valence electrons. The number of fused-ring (bicyclic) bond motifs is 1. The highest BCUT2D eigenvalue weighted by Gasteiger charge is 2.23. The molecule has 1 atom stereocenters. The van der Waals surface area contributed by atoms with E-state index in [1.165, 1.54) is 11.3 Å². The monoisotopic (exact) mass is 343 g/mol. The number of guanidine groups is 1. The van der Waals surface area contributed by atoms with Crippen LogP contribution >= 0.6 is 0 Å². The van der Waals surface area contributed by atoms with Crippen molar-refractivity contribution in [1.82, 2.24) is 30.2 Å². The average Bonchev–Trinajstić information content (AvgIpc) is 3.18. The molecule has 0 radical (unpaired) electrons. The normalized spacial score (nSPS) is 17.6. The number of hydrogen-bond donors (Lipinski definition) is 2. The van der Waals surface area contributed by atoms with Crippen molar-refractivity contribution in [3.63, 3.8) is 0 Å². The van der Waals surface area contributed by atoms with Gasteiger partial charge in [0.05, 0.1) is 17.9 Å². The van der Waals surface area contributed by atoms with E-state index in [1.54, 1.807) is 6.20 Å². The molecule has 0 amide bonds. The van der Waals surface area contributed by atoms with Crippen LogP contribution in [0.4, 0.5) is 0 Å². The van der Waals surface area contributed by atoms with Crippen LogP contribution in [0.15, 0.2) is 23.5 Å². The summed E-state index contributed by atoms with van der Waals surface area (Å²) in [6.45, 7) is 7.89. The Balaban J connectivity index is 1.65. The smallest absolute Gasteiger partial charge is 0.191 e. The summed E-state index contributed by atoms with van der Waals surface area (Å²) in [5.41, 5.74) is 3.71. The topological polar surface area (TPSA) is 72.1 Å². The summed E-state index contributed by atoms with van der Waals surface area (Å²) in [5.74, 6) is 0.862. The molecular formula is C18H29N7. The van der Waals surface area contributed by atoms with E-state index in [0.717, 1.165) is 37.5 Å². The molecule has 1 unspecified atom stereocenters. The van der Waals surface area contributed by atoms with Crippen LogP contribution in [0.5, 0.6) is 0 Å². The number of aliphatic imine (C=N–C) groups is 1. The van der Waals surface area contributed by atoms with Crippen LogP contribution in [0.25, 0.3) is 0 Å². The zero-order chi connectivity index (χ0) is 17.8. The molecule has 0 aliphatic heterocycles. The number of hydrogen-bond acceptors (Lipinski definition) is 3. The summed E-state index contributed by atoms with van der Waals surface area (Å²) in [7, 11) is 1.94. The molecule has 0 saturated heterocycles. The minimum atomic E-state index is 0.368. The first-order chi connectivity index (χ1) is 12.1. The van der Waals surface area contributed by atoms with Gasteiger partial charge < -0.3 is 10.6 Å². The van der Waals surface area contributed by atoms with E-state index >= 15 is 0 Å². The van der Waals surface area contributed by atoms with Gasteiger partial charge in [0.15, 0.2) is 5.96 Å². The van der Waals surface area contributed by atoms with Gasteiger partial charge in [-0.05, 0) is 45.2 Å². The third-order valence-electron chi connectivity index (χ3n) is 4.63. The molecule has 0 aromatic carbocycles. The predicted octanol–water partition coefficient (Wildman–Crippen LogP) is 1.81. The lowest BCUT2D eigenvalue weighted by Crippen LogP contribution is -2.45. The lowest BCUT2D eigenvalue weighted by atomic mass is 9.94. The van der Waals surface area contributed by atoms with Gasteiger partial charge in [-0.1, -0.05) is 0 Å². The van der Waals surface area contributed by atoms with Crippen LogP contribution < -0.4 is 10.6 Å². The van der Waals surface area contributed by atoms with Gasteiger partial charge in [0.2, 0.25) is 0 Å². The molecule has 0 spiro atoms. The second-order valence-electron chi connectivity index (χ2n) is 6.90. The van der Waals surface area contributed by atoms with E-state index in [0.29, 0.717) is 18.6 Å². The fourth-order valence-corrected chi connectivity index (χ4v) is 3.13. The summed E-state index contributed by atoms with van der Waals surface area (Å²) >= 11 is 0. The number of aryl methyl sites for hydroxylation is 2. The van der Waals surface area contributed by atoms with E-state index < -0.39 is 0 Å². The molecule has 0 bridgehead atoms. The first kappa shape index (κ1) is 17.5. The van der Waals surface area contributed by atoms with Crippen LogP contribution in [0.2, 0.25) is 0 Å². The van der Waals surface area contributed by atoms with Crippen molar-refractivity contribution in [2.45, 2.75) is 58.7 Å². The van der Waals surface area contributed by atoms with Crippen LogP contribution in [0.3, 0.4) is 0 Å². The quantitative estimate of drug-likeness (QED) is 0.641. The van der Waals surface area contributed by atoms with E-state index in [4.69, 9.17) is 10.1 Å². The van der Waals surface area contributed by atoms with Crippen molar-refractivity contribution in [2.75, 3.05) is 6.54 Å². The second kappa shape index (κ2) is 7.72. The van der Waals surface area contributed by atoms with Crippen molar-refractivity contribution in [3.8, 4) is 0 Å². The van der Waals surface area contributed by atoms with Gasteiger partial charge in [0, 0.05) is 44.5 Å². The summed E-state index contributed by atoms with van der Waals surface area (Å²) in [6, 6.07) is 2.78. The predicted molar refractivity (Wildman–Crippen MR) is 99.6 cm³/mol. The molecule has 1 aliphatic carbocycles. The van der Waals surface area contributed by atoms with Crippen molar-refractivity contribution in [3.05, 3.63) is 35.4 Å². The Kier molecular flexibility index (Phi) is 5.40. The number of aromatic nitrogens is 4. The molecule has 3 rings (SSSR count). The van der Waals surface area contributed by atoms with Gasteiger partial charge in [0.1, 0.15) is 0 Å². The van der Waals surface area contributed by atoms with Crippen molar-refractivity contribution in [1.29, 1.82) is 0 Å². The van der Waals surface area contributed by atoms with Crippen molar-refractivity contribution >= 4 is 5.96 Å². The molecule has 25 heavy (non-hydrogen) atoms. The molecule has 0 fully saturated rings. The Hall–Kier alpha value is -2.31. The van der Waals surface area contributed by atoms with E-state index in [1.807, 2.05) is 17.8 Å². The van der Waals surface area contributed by atoms with Gasteiger partial charge in [-0.15, -0.1) is 0 Å².